The first-order valence-electron chi connectivity index (χ1n) is 28.8. The van der Waals surface area contributed by atoms with Crippen molar-refractivity contribution >= 4 is 17.9 Å². The van der Waals surface area contributed by atoms with E-state index in [1.54, 1.807) is 0 Å². The summed E-state index contributed by atoms with van der Waals surface area (Å²) in [6, 6.07) is 0. The van der Waals surface area contributed by atoms with Gasteiger partial charge >= 0.3 is 17.9 Å². The second-order valence-electron chi connectivity index (χ2n) is 19.2. The van der Waals surface area contributed by atoms with Crippen LogP contribution in [0.4, 0.5) is 0 Å². The molecule has 0 saturated carbocycles. The van der Waals surface area contributed by atoms with Crippen LogP contribution in [0.3, 0.4) is 0 Å². The Morgan fingerprint density at radius 2 is 0.582 bits per heavy atom. The summed E-state index contributed by atoms with van der Waals surface area (Å²) in [4.78, 5) is 38.0. The third-order valence-electron chi connectivity index (χ3n) is 12.5. The van der Waals surface area contributed by atoms with Crippen molar-refractivity contribution in [3.8, 4) is 0 Å². The van der Waals surface area contributed by atoms with Crippen molar-refractivity contribution < 1.29 is 28.6 Å². The van der Waals surface area contributed by atoms with E-state index in [2.05, 4.69) is 75.5 Å². The van der Waals surface area contributed by atoms with Crippen molar-refractivity contribution in [2.45, 2.75) is 297 Å². The Hall–Kier alpha value is -2.89. The van der Waals surface area contributed by atoms with Gasteiger partial charge in [0.15, 0.2) is 6.10 Å². The number of hydrogen-bond acceptors (Lipinski definition) is 6. The molecule has 0 aliphatic carbocycles. The van der Waals surface area contributed by atoms with Crippen molar-refractivity contribution in [2.75, 3.05) is 13.2 Å². The number of esters is 3. The number of unbranched alkanes of at least 4 members (excludes halogenated alkanes) is 31. The molecule has 0 saturated heterocycles. The molecule has 0 spiro atoms. The van der Waals surface area contributed by atoms with E-state index >= 15 is 0 Å². The smallest absolute Gasteiger partial charge is 0.306 e. The number of rotatable bonds is 52. The second kappa shape index (κ2) is 55.7. The highest BCUT2D eigenvalue weighted by atomic mass is 16.6. The lowest BCUT2D eigenvalue weighted by molar-refractivity contribution is -0.166. The number of carbonyl (C=O) groups is 3. The monoisotopic (exact) mass is 937 g/mol. The summed E-state index contributed by atoms with van der Waals surface area (Å²) in [5.41, 5.74) is 0. The normalized spacial score (nSPS) is 12.5. The Balaban J connectivity index is 4.44. The van der Waals surface area contributed by atoms with Crippen molar-refractivity contribution in [3.05, 3.63) is 60.8 Å². The van der Waals surface area contributed by atoms with Crippen LogP contribution in [0.2, 0.25) is 0 Å². The quantitative estimate of drug-likeness (QED) is 0.0262. The van der Waals surface area contributed by atoms with Crippen molar-refractivity contribution in [1.82, 2.24) is 0 Å². The van der Waals surface area contributed by atoms with E-state index < -0.39 is 6.10 Å². The van der Waals surface area contributed by atoms with E-state index in [1.807, 2.05) is 6.08 Å². The molecule has 0 aromatic heterocycles. The lowest BCUT2D eigenvalue weighted by Crippen LogP contribution is -2.30. The minimum atomic E-state index is -0.821. The summed E-state index contributed by atoms with van der Waals surface area (Å²) in [5, 5.41) is 0. The largest absolute Gasteiger partial charge is 0.462 e. The minimum Gasteiger partial charge on any atom is -0.462 e. The van der Waals surface area contributed by atoms with Gasteiger partial charge in [-0.2, -0.15) is 0 Å². The van der Waals surface area contributed by atoms with E-state index in [0.717, 1.165) is 51.4 Å². The van der Waals surface area contributed by atoms with E-state index in [-0.39, 0.29) is 44.0 Å². The molecule has 0 fully saturated rings. The van der Waals surface area contributed by atoms with E-state index in [1.165, 1.54) is 186 Å². The van der Waals surface area contributed by atoms with Crippen molar-refractivity contribution in [2.24, 2.45) is 0 Å². The van der Waals surface area contributed by atoms with Crippen LogP contribution in [0.5, 0.6) is 0 Å². The molecule has 0 aliphatic rings. The van der Waals surface area contributed by atoms with Gasteiger partial charge in [-0.3, -0.25) is 14.4 Å². The first-order chi connectivity index (χ1) is 33.0. The van der Waals surface area contributed by atoms with Crippen molar-refractivity contribution in [1.29, 1.82) is 0 Å². The maximum Gasteiger partial charge on any atom is 0.306 e. The molecule has 388 valence electrons. The second-order valence-corrected chi connectivity index (χ2v) is 19.2. The molecular formula is C61H108O6. The third kappa shape index (κ3) is 53.9. The van der Waals surface area contributed by atoms with Crippen LogP contribution in [0.25, 0.3) is 0 Å². The van der Waals surface area contributed by atoms with E-state index in [9.17, 15) is 14.4 Å². The van der Waals surface area contributed by atoms with Gasteiger partial charge in [0.1, 0.15) is 13.2 Å². The lowest BCUT2D eigenvalue weighted by Gasteiger charge is -2.18. The van der Waals surface area contributed by atoms with Crippen molar-refractivity contribution in [3.63, 3.8) is 0 Å². The molecule has 0 bridgehead atoms. The maximum atomic E-state index is 12.8. The summed E-state index contributed by atoms with van der Waals surface area (Å²) in [5.74, 6) is -1.02. The van der Waals surface area contributed by atoms with Crippen LogP contribution in [0.1, 0.15) is 290 Å². The van der Waals surface area contributed by atoms with Crippen LogP contribution < -0.4 is 0 Å². The van der Waals surface area contributed by atoms with Gasteiger partial charge in [-0.05, 0) is 70.6 Å². The number of hydrogen-bond donors (Lipinski definition) is 0. The number of carbonyl (C=O) groups excluding carboxylic acids is 3. The van der Waals surface area contributed by atoms with Crippen LogP contribution >= 0.6 is 0 Å². The predicted octanol–water partition coefficient (Wildman–Crippen LogP) is 19.2. The molecule has 0 aliphatic heterocycles. The lowest BCUT2D eigenvalue weighted by atomic mass is 10.0. The van der Waals surface area contributed by atoms with Gasteiger partial charge in [0.05, 0.1) is 0 Å². The Morgan fingerprint density at radius 1 is 0.299 bits per heavy atom. The molecule has 0 heterocycles. The average Bonchev–Trinajstić information content (AvgIpc) is 3.33. The van der Waals surface area contributed by atoms with Crippen LogP contribution in [-0.4, -0.2) is 37.2 Å². The van der Waals surface area contributed by atoms with Gasteiger partial charge in [-0.15, -0.1) is 0 Å². The topological polar surface area (TPSA) is 78.9 Å². The molecule has 0 rings (SSSR count). The molecule has 0 N–H and O–H groups in total. The first-order valence-corrected chi connectivity index (χ1v) is 28.8. The fourth-order valence-electron chi connectivity index (χ4n) is 8.16. The summed E-state index contributed by atoms with van der Waals surface area (Å²) in [7, 11) is 0. The Bertz CT molecular complexity index is 1210. The SMILES string of the molecule is CCCCCCCC/C=C/C/C=C/C/C=C/CCCC(=O)OC(COC(=O)CC/C=C/C/C=C/CCCCCCCC)COC(=O)CCCCCCCCCCCCCCCCCCCCC. The molecule has 6 nitrogen and oxygen atoms in total. The van der Waals surface area contributed by atoms with Gasteiger partial charge < -0.3 is 14.2 Å². The molecule has 67 heavy (non-hydrogen) atoms. The Labute approximate surface area is 415 Å². The minimum absolute atomic E-state index is 0.109. The van der Waals surface area contributed by atoms with Gasteiger partial charge in [0.25, 0.3) is 0 Å². The number of allylic oxidation sites excluding steroid dienone is 10. The average molecular weight is 938 g/mol. The molecule has 0 aromatic rings. The Kier molecular flexibility index (Phi) is 53.3. The van der Waals surface area contributed by atoms with Crippen LogP contribution in [0, 0.1) is 0 Å². The zero-order valence-corrected chi connectivity index (χ0v) is 44.4. The highest BCUT2D eigenvalue weighted by Gasteiger charge is 2.19. The maximum absolute atomic E-state index is 12.8. The first kappa shape index (κ1) is 64.1. The molecule has 6 heteroatoms. The summed E-state index contributed by atoms with van der Waals surface area (Å²) >= 11 is 0. The number of ether oxygens (including phenoxy) is 3. The van der Waals surface area contributed by atoms with Crippen LogP contribution in [-0.2, 0) is 28.6 Å². The highest BCUT2D eigenvalue weighted by molar-refractivity contribution is 5.71. The molecule has 1 atom stereocenters. The molecule has 0 radical (unpaired) electrons. The van der Waals surface area contributed by atoms with E-state index in [0.29, 0.717) is 19.3 Å². The standard InChI is InChI=1S/C61H108O6/c1-4-7-10-13-16-19-22-25-27-29-30-32-33-36-39-42-45-48-51-54-60(63)66-57-58(56-65-59(62)53-50-47-44-41-38-35-24-21-18-15-12-9-6-3)67-61(64)55-52-49-46-43-40-37-34-31-28-26-23-20-17-14-11-8-5-2/h26,28,34-35,37-38,43-44,46-47,58H,4-25,27,29-33,36,39-42,45,48-57H2,1-3H3/b28-26+,37-34+,38-35+,46-43+,47-44+. The van der Waals surface area contributed by atoms with Gasteiger partial charge in [0, 0.05) is 19.3 Å². The zero-order valence-electron chi connectivity index (χ0n) is 44.4. The third-order valence-corrected chi connectivity index (χ3v) is 12.5. The predicted molar refractivity (Wildman–Crippen MR) is 288 cm³/mol. The molecule has 0 aromatic carbocycles. The highest BCUT2D eigenvalue weighted by Crippen LogP contribution is 2.16. The Morgan fingerprint density at radius 3 is 0.970 bits per heavy atom. The molecule has 0 amide bonds. The fourth-order valence-corrected chi connectivity index (χ4v) is 8.16. The zero-order chi connectivity index (χ0) is 48.6. The van der Waals surface area contributed by atoms with Gasteiger partial charge in [0.2, 0.25) is 0 Å². The summed E-state index contributed by atoms with van der Waals surface area (Å²) in [6.45, 7) is 6.56. The van der Waals surface area contributed by atoms with E-state index in [4.69, 9.17) is 14.2 Å². The van der Waals surface area contributed by atoms with Crippen LogP contribution in [0.15, 0.2) is 60.8 Å². The van der Waals surface area contributed by atoms with Gasteiger partial charge in [-0.25, -0.2) is 0 Å². The van der Waals surface area contributed by atoms with Gasteiger partial charge in [-0.1, -0.05) is 261 Å². The molecule has 1 unspecified atom stereocenters. The fraction of sp³-hybridized carbons (Fsp3) is 0.787. The summed E-state index contributed by atoms with van der Waals surface area (Å²) in [6.07, 6.45) is 69.5. The molecular weight excluding hydrogens is 829 g/mol. The summed E-state index contributed by atoms with van der Waals surface area (Å²) < 4.78 is 16.7.